The van der Waals surface area contributed by atoms with Crippen molar-refractivity contribution in [3.05, 3.63) is 125 Å². The van der Waals surface area contributed by atoms with Gasteiger partial charge in [0.1, 0.15) is 6.61 Å². The van der Waals surface area contributed by atoms with Crippen molar-refractivity contribution in [2.24, 2.45) is 4.99 Å². The van der Waals surface area contributed by atoms with Crippen molar-refractivity contribution >= 4 is 35.0 Å². The predicted octanol–water partition coefficient (Wildman–Crippen LogP) is 6.16. The molecule has 0 radical (unpaired) electrons. The van der Waals surface area contributed by atoms with Crippen molar-refractivity contribution in [2.75, 3.05) is 13.7 Å². The molecule has 1 atom stereocenters. The molecule has 1 aliphatic heterocycles. The maximum Gasteiger partial charge on any atom is 0.338 e. The Kier molecular flexibility index (Phi) is 9.18. The highest BCUT2D eigenvalue weighted by Crippen LogP contribution is 2.32. The quantitative estimate of drug-likeness (QED) is 0.210. The van der Waals surface area contributed by atoms with Crippen LogP contribution in [0, 0.1) is 0 Å². The topological polar surface area (TPSA) is 79.1 Å². The van der Waals surface area contributed by atoms with Gasteiger partial charge in [0.25, 0.3) is 5.56 Å². The number of thiazole rings is 1. The molecule has 222 valence electrons. The molecule has 0 saturated heterocycles. The molecular formula is C34H33ClN2O5S. The lowest BCUT2D eigenvalue weighted by molar-refractivity contribution is -0.139. The average molecular weight is 617 g/mol. The van der Waals surface area contributed by atoms with Crippen molar-refractivity contribution in [1.29, 1.82) is 0 Å². The van der Waals surface area contributed by atoms with Gasteiger partial charge in [-0.1, -0.05) is 85.3 Å². The molecule has 7 nitrogen and oxygen atoms in total. The maximum atomic E-state index is 14.0. The summed E-state index contributed by atoms with van der Waals surface area (Å²) in [7, 11) is 1.57. The second-order valence-electron chi connectivity index (χ2n) is 10.4. The van der Waals surface area contributed by atoms with Gasteiger partial charge in [-0.15, -0.1) is 0 Å². The summed E-state index contributed by atoms with van der Waals surface area (Å²) in [5.41, 5.74) is 4.26. The minimum Gasteiger partial charge on any atom is -0.493 e. The van der Waals surface area contributed by atoms with Gasteiger partial charge in [0, 0.05) is 10.6 Å². The molecule has 1 aliphatic rings. The van der Waals surface area contributed by atoms with E-state index in [0.29, 0.717) is 43.0 Å². The van der Waals surface area contributed by atoms with E-state index in [1.807, 2.05) is 60.7 Å². The summed E-state index contributed by atoms with van der Waals surface area (Å²) in [5.74, 6) is 0.952. The summed E-state index contributed by atoms with van der Waals surface area (Å²) < 4.78 is 19.1. The minimum atomic E-state index is -0.659. The van der Waals surface area contributed by atoms with Gasteiger partial charge < -0.3 is 14.2 Å². The molecule has 43 heavy (non-hydrogen) atoms. The van der Waals surface area contributed by atoms with E-state index in [9.17, 15) is 9.59 Å². The zero-order chi connectivity index (χ0) is 30.7. The number of hydrogen-bond acceptors (Lipinski definition) is 7. The van der Waals surface area contributed by atoms with Crippen LogP contribution in [0.1, 0.15) is 61.9 Å². The number of aromatic nitrogens is 1. The Labute approximate surface area is 259 Å². The Morgan fingerprint density at radius 3 is 2.51 bits per heavy atom. The lowest BCUT2D eigenvalue weighted by Crippen LogP contribution is -2.39. The van der Waals surface area contributed by atoms with Crippen LogP contribution in [-0.4, -0.2) is 24.3 Å². The Balaban J connectivity index is 1.55. The first kappa shape index (κ1) is 30.3. The van der Waals surface area contributed by atoms with E-state index < -0.39 is 12.0 Å². The SMILES string of the molecule is CCOC(=O)C1=C(C)N=c2sc(=Cc3ccc(OCc4ccccc4Cl)c(OC)c3)c(=O)n2C1c1ccc(C(C)C)cc1. The number of rotatable bonds is 9. The third-order valence-corrected chi connectivity index (χ3v) is 8.61. The second-order valence-corrected chi connectivity index (χ2v) is 11.8. The molecule has 0 aliphatic carbocycles. The highest BCUT2D eigenvalue weighted by Gasteiger charge is 2.33. The monoisotopic (exact) mass is 616 g/mol. The largest absolute Gasteiger partial charge is 0.493 e. The summed E-state index contributed by atoms with van der Waals surface area (Å²) in [6.07, 6.45) is 1.80. The van der Waals surface area contributed by atoms with Crippen LogP contribution in [0.25, 0.3) is 6.08 Å². The van der Waals surface area contributed by atoms with Crippen molar-refractivity contribution in [2.45, 2.75) is 46.3 Å². The van der Waals surface area contributed by atoms with Crippen LogP contribution in [0.2, 0.25) is 5.02 Å². The van der Waals surface area contributed by atoms with E-state index >= 15 is 0 Å². The first-order valence-corrected chi connectivity index (χ1v) is 15.2. The smallest absolute Gasteiger partial charge is 0.338 e. The van der Waals surface area contributed by atoms with Crippen LogP contribution in [0.4, 0.5) is 0 Å². The van der Waals surface area contributed by atoms with Gasteiger partial charge in [0.2, 0.25) is 0 Å². The van der Waals surface area contributed by atoms with Crippen molar-refractivity contribution in [1.82, 2.24) is 4.57 Å². The van der Waals surface area contributed by atoms with Crippen LogP contribution in [0.3, 0.4) is 0 Å². The molecule has 0 fully saturated rings. The standard InChI is InChI=1S/C34H33ClN2O5S/c1-6-41-33(39)30-21(4)36-34-37(31(30)24-14-12-23(13-15-24)20(2)3)32(38)29(43-34)18-22-11-16-27(28(17-22)40-5)42-19-25-9-7-8-10-26(25)35/h7-18,20,31H,6,19H2,1-5H3. The summed E-state index contributed by atoms with van der Waals surface area (Å²) in [5, 5.41) is 0.629. The van der Waals surface area contributed by atoms with E-state index in [0.717, 1.165) is 16.7 Å². The lowest BCUT2D eigenvalue weighted by atomic mass is 9.93. The van der Waals surface area contributed by atoms with Crippen LogP contribution < -0.4 is 24.4 Å². The second kappa shape index (κ2) is 13.0. The van der Waals surface area contributed by atoms with E-state index in [-0.39, 0.29) is 18.8 Å². The van der Waals surface area contributed by atoms with Crippen molar-refractivity contribution in [3.63, 3.8) is 0 Å². The molecule has 5 rings (SSSR count). The Hall–Kier alpha value is -4.14. The van der Waals surface area contributed by atoms with Gasteiger partial charge in [-0.05, 0) is 60.7 Å². The number of esters is 1. The third-order valence-electron chi connectivity index (χ3n) is 7.26. The fourth-order valence-electron chi connectivity index (χ4n) is 4.99. The fourth-order valence-corrected chi connectivity index (χ4v) is 6.22. The van der Waals surface area contributed by atoms with Gasteiger partial charge >= 0.3 is 5.97 Å². The van der Waals surface area contributed by atoms with Gasteiger partial charge in [0.05, 0.1) is 35.6 Å². The number of carbonyl (C=O) groups is 1. The first-order valence-electron chi connectivity index (χ1n) is 14.1. The number of methoxy groups -OCH3 is 1. The molecule has 9 heteroatoms. The summed E-state index contributed by atoms with van der Waals surface area (Å²) in [6.45, 7) is 8.30. The molecule has 0 bridgehead atoms. The van der Waals surface area contributed by atoms with Crippen LogP contribution in [0.15, 0.2) is 87.8 Å². The van der Waals surface area contributed by atoms with E-state index in [1.54, 1.807) is 37.7 Å². The van der Waals surface area contributed by atoms with Gasteiger partial charge in [-0.25, -0.2) is 9.79 Å². The van der Waals surface area contributed by atoms with Gasteiger partial charge in [0.15, 0.2) is 16.3 Å². The number of benzene rings is 3. The molecule has 0 spiro atoms. The molecular weight excluding hydrogens is 584 g/mol. The summed E-state index contributed by atoms with van der Waals surface area (Å²) in [6, 6.07) is 20.3. The predicted molar refractivity (Wildman–Crippen MR) is 170 cm³/mol. The highest BCUT2D eigenvalue weighted by molar-refractivity contribution is 7.07. The Morgan fingerprint density at radius 1 is 1.09 bits per heavy atom. The maximum absolute atomic E-state index is 14.0. The highest BCUT2D eigenvalue weighted by atomic mass is 35.5. The van der Waals surface area contributed by atoms with E-state index in [4.69, 9.17) is 25.8 Å². The molecule has 2 heterocycles. The zero-order valence-electron chi connectivity index (χ0n) is 24.7. The average Bonchev–Trinajstić information content (AvgIpc) is 3.30. The fraction of sp³-hybridized carbons (Fsp3) is 0.265. The van der Waals surface area contributed by atoms with Gasteiger partial charge in [-0.3, -0.25) is 9.36 Å². The number of carbonyl (C=O) groups excluding carboxylic acids is 1. The number of nitrogens with zero attached hydrogens (tertiary/aromatic N) is 2. The number of hydrogen-bond donors (Lipinski definition) is 0. The van der Waals surface area contributed by atoms with Crippen molar-refractivity contribution in [3.8, 4) is 11.5 Å². The lowest BCUT2D eigenvalue weighted by Gasteiger charge is -2.25. The molecule has 0 N–H and O–H groups in total. The third kappa shape index (κ3) is 6.31. The number of allylic oxidation sites excluding steroid dienone is 1. The summed E-state index contributed by atoms with van der Waals surface area (Å²) in [4.78, 5) is 32.3. The van der Waals surface area contributed by atoms with E-state index in [2.05, 4.69) is 18.8 Å². The molecule has 0 saturated carbocycles. The zero-order valence-corrected chi connectivity index (χ0v) is 26.3. The van der Waals surface area contributed by atoms with Crippen molar-refractivity contribution < 1.29 is 19.0 Å². The molecule has 3 aromatic carbocycles. The van der Waals surface area contributed by atoms with Crippen LogP contribution >= 0.6 is 22.9 Å². The summed E-state index contributed by atoms with van der Waals surface area (Å²) >= 11 is 7.55. The van der Waals surface area contributed by atoms with Gasteiger partial charge in [-0.2, -0.15) is 0 Å². The molecule has 1 unspecified atom stereocenters. The molecule has 4 aromatic rings. The number of halogens is 1. The Bertz CT molecular complexity index is 1870. The minimum absolute atomic E-state index is 0.221. The molecule has 1 aromatic heterocycles. The normalized spacial score (nSPS) is 14.9. The first-order chi connectivity index (χ1) is 20.7. The number of ether oxygens (including phenoxy) is 3. The van der Waals surface area contributed by atoms with Crippen LogP contribution in [0.5, 0.6) is 11.5 Å². The number of fused-ring (bicyclic) bond motifs is 1. The molecule has 0 amide bonds. The van der Waals surface area contributed by atoms with E-state index in [1.165, 1.54) is 16.9 Å². The Morgan fingerprint density at radius 2 is 1.84 bits per heavy atom. The van der Waals surface area contributed by atoms with Crippen LogP contribution in [-0.2, 0) is 16.1 Å².